The number of carbonyl (C=O) groups is 1. The lowest BCUT2D eigenvalue weighted by atomic mass is 9.98. The molecule has 1 atom stereocenters. The van der Waals surface area contributed by atoms with E-state index in [2.05, 4.69) is 34.3 Å². The quantitative estimate of drug-likeness (QED) is 0.655. The van der Waals surface area contributed by atoms with Crippen LogP contribution < -0.4 is 10.1 Å². The third-order valence-electron chi connectivity index (χ3n) is 4.45. The zero-order chi connectivity index (χ0) is 19.2. The Morgan fingerprint density at radius 1 is 1.19 bits per heavy atom. The van der Waals surface area contributed by atoms with E-state index >= 15 is 0 Å². The number of rotatable bonds is 7. The van der Waals surface area contributed by atoms with Crippen molar-refractivity contribution in [3.05, 3.63) is 59.9 Å². The molecule has 1 heterocycles. The lowest BCUT2D eigenvalue weighted by molar-refractivity contribution is -0.118. The summed E-state index contributed by atoms with van der Waals surface area (Å²) >= 11 is 0. The highest BCUT2D eigenvalue weighted by molar-refractivity contribution is 5.92. The molecule has 1 amide bonds. The number of hydrogen-bond acceptors (Lipinski definition) is 4. The SMILES string of the molecule is CCC(C)c1ccccc1OCC(=O)Nc1ccc(-c2n[nH]c(C)n2)cc1. The Bertz CT molecular complexity index is 903. The highest BCUT2D eigenvalue weighted by atomic mass is 16.5. The fourth-order valence-corrected chi connectivity index (χ4v) is 2.75. The van der Waals surface area contributed by atoms with Gasteiger partial charge >= 0.3 is 0 Å². The smallest absolute Gasteiger partial charge is 0.262 e. The van der Waals surface area contributed by atoms with E-state index in [0.717, 1.165) is 29.1 Å². The predicted octanol–water partition coefficient (Wildman–Crippen LogP) is 4.31. The normalized spacial score (nSPS) is 11.8. The van der Waals surface area contributed by atoms with Gasteiger partial charge in [-0.15, -0.1) is 0 Å². The van der Waals surface area contributed by atoms with Gasteiger partial charge in [-0.2, -0.15) is 5.10 Å². The molecule has 0 aliphatic heterocycles. The van der Waals surface area contributed by atoms with Gasteiger partial charge in [0.25, 0.3) is 5.91 Å². The summed E-state index contributed by atoms with van der Waals surface area (Å²) in [7, 11) is 0. The molecule has 0 saturated heterocycles. The average Bonchev–Trinajstić information content (AvgIpc) is 3.13. The highest BCUT2D eigenvalue weighted by Crippen LogP contribution is 2.28. The van der Waals surface area contributed by atoms with Crippen molar-refractivity contribution in [2.45, 2.75) is 33.1 Å². The third-order valence-corrected chi connectivity index (χ3v) is 4.45. The standard InChI is InChI=1S/C21H24N4O2/c1-4-14(2)18-7-5-6-8-19(18)27-13-20(26)23-17-11-9-16(10-12-17)21-22-15(3)24-25-21/h5-12,14H,4,13H2,1-3H3,(H,23,26)(H,22,24,25). The maximum Gasteiger partial charge on any atom is 0.262 e. The van der Waals surface area contributed by atoms with E-state index in [-0.39, 0.29) is 12.5 Å². The largest absolute Gasteiger partial charge is 0.483 e. The van der Waals surface area contributed by atoms with Crippen molar-refractivity contribution in [2.75, 3.05) is 11.9 Å². The summed E-state index contributed by atoms with van der Waals surface area (Å²) in [6.45, 7) is 6.11. The fourth-order valence-electron chi connectivity index (χ4n) is 2.75. The number of amides is 1. The van der Waals surface area contributed by atoms with Crippen molar-refractivity contribution in [3.8, 4) is 17.1 Å². The van der Waals surface area contributed by atoms with Gasteiger partial charge in [-0.05, 0) is 55.2 Å². The molecule has 0 aliphatic carbocycles. The molecular weight excluding hydrogens is 340 g/mol. The van der Waals surface area contributed by atoms with E-state index in [1.165, 1.54) is 0 Å². The second kappa shape index (κ2) is 8.49. The number of benzene rings is 2. The van der Waals surface area contributed by atoms with Gasteiger partial charge in [0.1, 0.15) is 11.6 Å². The first-order valence-corrected chi connectivity index (χ1v) is 9.08. The summed E-state index contributed by atoms with van der Waals surface area (Å²) in [6.07, 6.45) is 1.02. The van der Waals surface area contributed by atoms with Gasteiger partial charge in [0.05, 0.1) is 0 Å². The van der Waals surface area contributed by atoms with Crippen LogP contribution in [0.4, 0.5) is 5.69 Å². The monoisotopic (exact) mass is 364 g/mol. The van der Waals surface area contributed by atoms with Crippen molar-refractivity contribution in [1.29, 1.82) is 0 Å². The minimum atomic E-state index is -0.199. The minimum absolute atomic E-state index is 0.0324. The zero-order valence-electron chi connectivity index (χ0n) is 15.8. The summed E-state index contributed by atoms with van der Waals surface area (Å²) in [4.78, 5) is 16.5. The third kappa shape index (κ3) is 4.73. The fraction of sp³-hybridized carbons (Fsp3) is 0.286. The van der Waals surface area contributed by atoms with Crippen LogP contribution >= 0.6 is 0 Å². The average molecular weight is 364 g/mol. The summed E-state index contributed by atoms with van der Waals surface area (Å²) < 4.78 is 5.75. The molecule has 3 rings (SSSR count). The molecule has 1 unspecified atom stereocenters. The lowest BCUT2D eigenvalue weighted by Crippen LogP contribution is -2.20. The Morgan fingerprint density at radius 2 is 1.93 bits per heavy atom. The number of anilines is 1. The van der Waals surface area contributed by atoms with Crippen LogP contribution in [-0.2, 0) is 4.79 Å². The van der Waals surface area contributed by atoms with E-state index in [0.29, 0.717) is 17.4 Å². The van der Waals surface area contributed by atoms with Crippen LogP contribution in [0.5, 0.6) is 5.75 Å². The van der Waals surface area contributed by atoms with Crippen LogP contribution in [0.15, 0.2) is 48.5 Å². The number of nitrogens with one attached hydrogen (secondary N) is 2. The summed E-state index contributed by atoms with van der Waals surface area (Å²) in [5, 5.41) is 9.79. The van der Waals surface area contributed by atoms with Crippen molar-refractivity contribution in [1.82, 2.24) is 15.2 Å². The van der Waals surface area contributed by atoms with E-state index in [9.17, 15) is 4.79 Å². The summed E-state index contributed by atoms with van der Waals surface area (Å²) in [5.41, 5.74) is 2.71. The Labute approximate surface area is 159 Å². The second-order valence-electron chi connectivity index (χ2n) is 6.51. The van der Waals surface area contributed by atoms with Crippen molar-refractivity contribution in [3.63, 3.8) is 0 Å². The lowest BCUT2D eigenvalue weighted by Gasteiger charge is -2.15. The van der Waals surface area contributed by atoms with E-state index < -0.39 is 0 Å². The first-order valence-electron chi connectivity index (χ1n) is 9.08. The van der Waals surface area contributed by atoms with E-state index in [1.54, 1.807) is 0 Å². The maximum absolute atomic E-state index is 12.2. The molecule has 0 fully saturated rings. The molecule has 0 aliphatic rings. The Morgan fingerprint density at radius 3 is 2.59 bits per heavy atom. The molecule has 0 radical (unpaired) electrons. The van der Waals surface area contributed by atoms with Crippen molar-refractivity contribution < 1.29 is 9.53 Å². The molecule has 0 spiro atoms. The van der Waals surface area contributed by atoms with Gasteiger partial charge in [-0.1, -0.05) is 32.0 Å². The van der Waals surface area contributed by atoms with Gasteiger partial charge in [-0.3, -0.25) is 9.89 Å². The first-order chi connectivity index (χ1) is 13.1. The predicted molar refractivity (Wildman–Crippen MR) is 106 cm³/mol. The van der Waals surface area contributed by atoms with Crippen LogP contribution in [-0.4, -0.2) is 27.7 Å². The molecule has 2 aromatic carbocycles. The van der Waals surface area contributed by atoms with Gasteiger partial charge in [-0.25, -0.2) is 4.98 Å². The minimum Gasteiger partial charge on any atom is -0.483 e. The first kappa shape index (κ1) is 18.6. The van der Waals surface area contributed by atoms with Gasteiger partial charge < -0.3 is 10.1 Å². The molecule has 0 bridgehead atoms. The van der Waals surface area contributed by atoms with Gasteiger partial charge in [0.2, 0.25) is 0 Å². The van der Waals surface area contributed by atoms with E-state index in [1.807, 2.05) is 55.5 Å². The van der Waals surface area contributed by atoms with Crippen LogP contribution in [0.3, 0.4) is 0 Å². The molecule has 140 valence electrons. The van der Waals surface area contributed by atoms with Gasteiger partial charge in [0.15, 0.2) is 12.4 Å². The molecular formula is C21H24N4O2. The van der Waals surface area contributed by atoms with Crippen molar-refractivity contribution >= 4 is 11.6 Å². The van der Waals surface area contributed by atoms with Crippen LogP contribution in [0.1, 0.15) is 37.6 Å². The number of carbonyl (C=O) groups excluding carboxylic acids is 1. The molecule has 2 N–H and O–H groups in total. The van der Waals surface area contributed by atoms with Crippen LogP contribution in [0.2, 0.25) is 0 Å². The molecule has 6 nitrogen and oxygen atoms in total. The number of aromatic nitrogens is 3. The molecule has 6 heteroatoms. The number of hydrogen-bond donors (Lipinski definition) is 2. The maximum atomic E-state index is 12.2. The van der Waals surface area contributed by atoms with Crippen LogP contribution in [0.25, 0.3) is 11.4 Å². The Kier molecular flexibility index (Phi) is 5.86. The zero-order valence-corrected chi connectivity index (χ0v) is 15.8. The van der Waals surface area contributed by atoms with Crippen LogP contribution in [0, 0.1) is 6.92 Å². The number of para-hydroxylation sites is 1. The second-order valence-corrected chi connectivity index (χ2v) is 6.51. The highest BCUT2D eigenvalue weighted by Gasteiger charge is 2.11. The number of ether oxygens (including phenoxy) is 1. The molecule has 3 aromatic rings. The number of H-pyrrole nitrogens is 1. The van der Waals surface area contributed by atoms with Gasteiger partial charge in [0, 0.05) is 11.3 Å². The van der Waals surface area contributed by atoms with E-state index in [4.69, 9.17) is 4.74 Å². The molecule has 1 aromatic heterocycles. The molecule has 0 saturated carbocycles. The number of aryl methyl sites for hydroxylation is 1. The summed E-state index contributed by atoms with van der Waals surface area (Å²) in [6, 6.07) is 15.3. The van der Waals surface area contributed by atoms with Crippen molar-refractivity contribution in [2.24, 2.45) is 0 Å². The Hall–Kier alpha value is -3.15. The summed E-state index contributed by atoms with van der Waals surface area (Å²) in [5.74, 6) is 2.34. The number of aromatic amines is 1. The topological polar surface area (TPSA) is 79.9 Å². The molecule has 27 heavy (non-hydrogen) atoms. The number of nitrogens with zero attached hydrogens (tertiary/aromatic N) is 2. The Balaban J connectivity index is 1.58.